The number of aliphatic imine (C=N–C) groups is 1. The molecule has 1 atom stereocenters. The molecule has 1 aromatic heterocycles. The number of nitrogens with zero attached hydrogens (tertiary/aromatic N) is 1. The summed E-state index contributed by atoms with van der Waals surface area (Å²) in [5, 5.41) is 4.29. The minimum atomic E-state index is -0.139. The molecule has 1 aromatic carbocycles. The normalized spacial score (nSPS) is 24.3. The van der Waals surface area contributed by atoms with Crippen LogP contribution in [-0.2, 0) is 17.6 Å². The standard InChI is InChI=1S/C15H14N2OS/c16-14-17-15(9-18-14)6-11-2-1-10(5-13(11)7-15)12-3-4-19-8-12/h1-5,8H,6-7,9H2,(H2,16,17). The lowest BCUT2D eigenvalue weighted by Crippen LogP contribution is -2.28. The fourth-order valence-corrected chi connectivity index (χ4v) is 3.70. The summed E-state index contributed by atoms with van der Waals surface area (Å²) in [5.41, 5.74) is 10.9. The van der Waals surface area contributed by atoms with Crippen LogP contribution in [0.1, 0.15) is 11.1 Å². The Kier molecular flexibility index (Phi) is 2.23. The summed E-state index contributed by atoms with van der Waals surface area (Å²) in [6.07, 6.45) is 1.87. The highest BCUT2D eigenvalue weighted by molar-refractivity contribution is 7.08. The van der Waals surface area contributed by atoms with Crippen molar-refractivity contribution in [1.82, 2.24) is 0 Å². The fraction of sp³-hybridized carbons (Fsp3) is 0.267. The minimum absolute atomic E-state index is 0.139. The van der Waals surface area contributed by atoms with Gasteiger partial charge >= 0.3 is 0 Å². The molecule has 4 heteroatoms. The van der Waals surface area contributed by atoms with Gasteiger partial charge in [0.1, 0.15) is 12.1 Å². The Morgan fingerprint density at radius 2 is 2.05 bits per heavy atom. The first-order valence-electron chi connectivity index (χ1n) is 6.37. The van der Waals surface area contributed by atoms with Gasteiger partial charge in [-0.05, 0) is 39.1 Å². The molecule has 1 spiro atoms. The number of hydrogen-bond acceptors (Lipinski definition) is 4. The van der Waals surface area contributed by atoms with E-state index in [0.717, 1.165) is 12.8 Å². The van der Waals surface area contributed by atoms with E-state index in [1.54, 1.807) is 11.3 Å². The van der Waals surface area contributed by atoms with Gasteiger partial charge < -0.3 is 10.5 Å². The van der Waals surface area contributed by atoms with Gasteiger partial charge in [0.2, 0.25) is 0 Å². The first-order chi connectivity index (χ1) is 9.24. The minimum Gasteiger partial charge on any atom is -0.463 e. The highest BCUT2D eigenvalue weighted by Gasteiger charge is 2.41. The van der Waals surface area contributed by atoms with E-state index in [0.29, 0.717) is 12.6 Å². The van der Waals surface area contributed by atoms with Crippen LogP contribution in [-0.4, -0.2) is 18.2 Å². The molecule has 1 aliphatic carbocycles. The molecule has 1 unspecified atom stereocenters. The second-order valence-electron chi connectivity index (χ2n) is 5.31. The lowest BCUT2D eigenvalue weighted by molar-refractivity contribution is 0.258. The van der Waals surface area contributed by atoms with E-state index < -0.39 is 0 Å². The Hall–Kier alpha value is -1.81. The number of fused-ring (bicyclic) bond motifs is 1. The van der Waals surface area contributed by atoms with Gasteiger partial charge in [0.05, 0.1) is 0 Å². The molecule has 0 saturated carbocycles. The van der Waals surface area contributed by atoms with Gasteiger partial charge in [-0.15, -0.1) is 0 Å². The third-order valence-electron chi connectivity index (χ3n) is 3.94. The Balaban J connectivity index is 1.71. The number of thiophene rings is 1. The van der Waals surface area contributed by atoms with E-state index in [-0.39, 0.29) is 5.54 Å². The monoisotopic (exact) mass is 270 g/mol. The first kappa shape index (κ1) is 11.1. The molecule has 4 rings (SSSR count). The Labute approximate surface area is 115 Å². The number of ether oxygens (including phenoxy) is 1. The molecule has 19 heavy (non-hydrogen) atoms. The molecular formula is C15H14N2OS. The molecule has 2 aromatic rings. The van der Waals surface area contributed by atoms with Crippen molar-refractivity contribution in [2.45, 2.75) is 18.4 Å². The van der Waals surface area contributed by atoms with Gasteiger partial charge in [0.25, 0.3) is 6.02 Å². The van der Waals surface area contributed by atoms with Crippen molar-refractivity contribution >= 4 is 17.4 Å². The second-order valence-corrected chi connectivity index (χ2v) is 6.09. The Morgan fingerprint density at radius 3 is 2.79 bits per heavy atom. The van der Waals surface area contributed by atoms with Crippen molar-refractivity contribution in [1.29, 1.82) is 0 Å². The summed E-state index contributed by atoms with van der Waals surface area (Å²) in [5.74, 6) is 0. The summed E-state index contributed by atoms with van der Waals surface area (Å²) < 4.78 is 5.35. The van der Waals surface area contributed by atoms with Crippen molar-refractivity contribution in [2.75, 3.05) is 6.61 Å². The molecule has 0 radical (unpaired) electrons. The lowest BCUT2D eigenvalue weighted by Gasteiger charge is -2.15. The van der Waals surface area contributed by atoms with Crippen molar-refractivity contribution in [3.63, 3.8) is 0 Å². The molecule has 0 bridgehead atoms. The number of hydrogen-bond donors (Lipinski definition) is 1. The van der Waals surface area contributed by atoms with E-state index in [1.165, 1.54) is 22.3 Å². The van der Waals surface area contributed by atoms with Crippen LogP contribution in [0.25, 0.3) is 11.1 Å². The van der Waals surface area contributed by atoms with Crippen LogP contribution in [0, 0.1) is 0 Å². The van der Waals surface area contributed by atoms with Crippen LogP contribution in [0.15, 0.2) is 40.0 Å². The van der Waals surface area contributed by atoms with Crippen LogP contribution in [0.5, 0.6) is 0 Å². The van der Waals surface area contributed by atoms with Gasteiger partial charge in [-0.2, -0.15) is 11.3 Å². The smallest absolute Gasteiger partial charge is 0.282 e. The van der Waals surface area contributed by atoms with Crippen LogP contribution in [0.4, 0.5) is 0 Å². The summed E-state index contributed by atoms with van der Waals surface area (Å²) in [6, 6.07) is 9.21. The van der Waals surface area contributed by atoms with Crippen molar-refractivity contribution in [3.05, 3.63) is 46.2 Å². The summed E-state index contributed by atoms with van der Waals surface area (Å²) in [6.45, 7) is 0.612. The predicted octanol–water partition coefficient (Wildman–Crippen LogP) is 2.60. The molecule has 96 valence electrons. The molecular weight excluding hydrogens is 256 g/mol. The van der Waals surface area contributed by atoms with E-state index in [2.05, 4.69) is 40.0 Å². The number of nitrogens with two attached hydrogens (primary N) is 1. The SMILES string of the molecule is NC1=NC2(CO1)Cc1ccc(-c3ccsc3)cc1C2. The second kappa shape index (κ2) is 3.84. The molecule has 0 saturated heterocycles. The van der Waals surface area contributed by atoms with Gasteiger partial charge in [-0.3, -0.25) is 0 Å². The van der Waals surface area contributed by atoms with Crippen molar-refractivity contribution in [2.24, 2.45) is 10.7 Å². The highest BCUT2D eigenvalue weighted by Crippen LogP contribution is 2.37. The summed E-state index contributed by atoms with van der Waals surface area (Å²) >= 11 is 1.73. The maximum Gasteiger partial charge on any atom is 0.282 e. The lowest BCUT2D eigenvalue weighted by atomic mass is 9.98. The van der Waals surface area contributed by atoms with E-state index in [9.17, 15) is 0 Å². The van der Waals surface area contributed by atoms with Crippen molar-refractivity contribution < 1.29 is 4.74 Å². The van der Waals surface area contributed by atoms with E-state index >= 15 is 0 Å². The van der Waals surface area contributed by atoms with Gasteiger partial charge in [0.15, 0.2) is 0 Å². The van der Waals surface area contributed by atoms with Crippen LogP contribution >= 0.6 is 11.3 Å². The highest BCUT2D eigenvalue weighted by atomic mass is 32.1. The average Bonchev–Trinajstić information content (AvgIpc) is 3.09. The van der Waals surface area contributed by atoms with Crippen LogP contribution in [0.3, 0.4) is 0 Å². The summed E-state index contributed by atoms with van der Waals surface area (Å²) in [4.78, 5) is 4.50. The van der Waals surface area contributed by atoms with Gasteiger partial charge in [-0.1, -0.05) is 18.2 Å². The molecule has 2 N–H and O–H groups in total. The van der Waals surface area contributed by atoms with Gasteiger partial charge in [0, 0.05) is 12.8 Å². The number of rotatable bonds is 1. The molecule has 0 amide bonds. The quantitative estimate of drug-likeness (QED) is 0.866. The topological polar surface area (TPSA) is 47.6 Å². The molecule has 1 aliphatic heterocycles. The molecule has 0 fully saturated rings. The zero-order valence-corrected chi connectivity index (χ0v) is 11.2. The van der Waals surface area contributed by atoms with E-state index in [4.69, 9.17) is 10.5 Å². The predicted molar refractivity (Wildman–Crippen MR) is 77.5 cm³/mol. The van der Waals surface area contributed by atoms with E-state index in [1.807, 2.05) is 0 Å². The average molecular weight is 270 g/mol. The maximum atomic E-state index is 5.66. The number of benzene rings is 1. The third-order valence-corrected chi connectivity index (χ3v) is 4.62. The fourth-order valence-electron chi connectivity index (χ4n) is 3.03. The third kappa shape index (κ3) is 1.75. The zero-order chi connectivity index (χ0) is 12.9. The van der Waals surface area contributed by atoms with Crippen molar-refractivity contribution in [3.8, 4) is 11.1 Å². The molecule has 2 heterocycles. The van der Waals surface area contributed by atoms with Gasteiger partial charge in [-0.25, -0.2) is 4.99 Å². The van der Waals surface area contributed by atoms with Crippen LogP contribution in [0.2, 0.25) is 0 Å². The Bertz CT molecular complexity index is 663. The first-order valence-corrected chi connectivity index (χ1v) is 7.31. The number of amidine groups is 1. The van der Waals surface area contributed by atoms with Crippen LogP contribution < -0.4 is 5.73 Å². The zero-order valence-electron chi connectivity index (χ0n) is 10.4. The molecule has 2 aliphatic rings. The summed E-state index contributed by atoms with van der Waals surface area (Å²) in [7, 11) is 0. The largest absolute Gasteiger partial charge is 0.463 e. The Morgan fingerprint density at radius 1 is 1.16 bits per heavy atom. The molecule has 3 nitrogen and oxygen atoms in total. The maximum absolute atomic E-state index is 5.66.